The zero-order valence-corrected chi connectivity index (χ0v) is 35.8. The van der Waals surface area contributed by atoms with Crippen LogP contribution >= 0.6 is 23.2 Å². The van der Waals surface area contributed by atoms with E-state index in [1.807, 2.05) is 32.4 Å². The van der Waals surface area contributed by atoms with Crippen LogP contribution in [-0.4, -0.2) is 85.1 Å². The molecular formula is C43H50Cl2N8O6. The van der Waals surface area contributed by atoms with Gasteiger partial charge in [-0.1, -0.05) is 47.5 Å². The Morgan fingerprint density at radius 2 is 1.31 bits per heavy atom. The number of methoxy groups -OCH3 is 1. The summed E-state index contributed by atoms with van der Waals surface area (Å²) < 4.78 is 14.3. The van der Waals surface area contributed by atoms with E-state index in [0.717, 1.165) is 68.7 Å². The summed E-state index contributed by atoms with van der Waals surface area (Å²) in [6.45, 7) is 8.53. The number of fused-ring (bicyclic) bond motifs is 4. The second-order valence-corrected chi connectivity index (χ2v) is 18.3. The summed E-state index contributed by atoms with van der Waals surface area (Å²) in [6, 6.07) is 10.5. The Bertz CT molecular complexity index is 2370. The molecule has 16 heteroatoms. The molecule has 4 aliphatic rings. The number of hydrogen-bond donors (Lipinski definition) is 2. The van der Waals surface area contributed by atoms with E-state index in [1.54, 1.807) is 52.9 Å². The quantitative estimate of drug-likeness (QED) is 0.173. The van der Waals surface area contributed by atoms with Crippen LogP contribution in [0.25, 0.3) is 11.1 Å². The van der Waals surface area contributed by atoms with Gasteiger partial charge in [-0.2, -0.15) is 0 Å². The fraction of sp³-hybridized carbons (Fsp3) is 0.488. The normalized spacial score (nSPS) is 21.2. The molecule has 2 saturated carbocycles. The summed E-state index contributed by atoms with van der Waals surface area (Å²) >= 11 is 13.9. The molecule has 312 valence electrons. The molecule has 0 spiro atoms. The Balaban J connectivity index is 0.945. The number of esters is 1. The Hall–Kier alpha value is -4.92. The van der Waals surface area contributed by atoms with Crippen LogP contribution in [0, 0.1) is 10.8 Å². The minimum Gasteiger partial charge on any atom is -0.469 e. The van der Waals surface area contributed by atoms with E-state index < -0.39 is 17.6 Å². The molecule has 2 aromatic carbocycles. The van der Waals surface area contributed by atoms with Gasteiger partial charge in [-0.25, -0.2) is 14.8 Å². The molecule has 4 heterocycles. The third kappa shape index (κ3) is 7.59. The number of carbonyl (C=O) groups is 4. The lowest BCUT2D eigenvalue weighted by Crippen LogP contribution is -2.40. The SMILES string of the molecule is COC(=O)C12CCC(CN3CCc4c(nc(C(=O)Nc5cccc(-c6cccc(NC(=O)c7nc8c(n7C)CCN(C(=O)OC(C)(C)C)C8)c6Cl)c5Cl)n4C)C3)(CC1)C2. The van der Waals surface area contributed by atoms with Crippen molar-refractivity contribution in [3.8, 4) is 11.1 Å². The zero-order chi connectivity index (χ0) is 42.0. The number of aromatic nitrogens is 4. The van der Waals surface area contributed by atoms with Crippen LogP contribution in [0.1, 0.15) is 96.9 Å². The third-order valence-electron chi connectivity index (χ3n) is 12.6. The molecule has 2 bridgehead atoms. The van der Waals surface area contributed by atoms with Gasteiger partial charge in [0.15, 0.2) is 11.6 Å². The van der Waals surface area contributed by atoms with Gasteiger partial charge in [0.25, 0.3) is 11.8 Å². The number of carbonyl (C=O) groups excluding carboxylic acids is 4. The molecule has 2 aliphatic carbocycles. The van der Waals surface area contributed by atoms with Crippen LogP contribution in [0.4, 0.5) is 16.2 Å². The number of amides is 3. The van der Waals surface area contributed by atoms with Crippen LogP contribution in [-0.2, 0) is 54.3 Å². The van der Waals surface area contributed by atoms with Crippen molar-refractivity contribution >= 4 is 58.5 Å². The van der Waals surface area contributed by atoms with Gasteiger partial charge in [0.05, 0.1) is 51.9 Å². The first-order valence-electron chi connectivity index (χ1n) is 20.1. The largest absolute Gasteiger partial charge is 0.469 e. The molecule has 0 unspecified atom stereocenters. The Morgan fingerprint density at radius 1 is 0.780 bits per heavy atom. The highest BCUT2D eigenvalue weighted by molar-refractivity contribution is 6.40. The van der Waals surface area contributed by atoms with E-state index in [-0.39, 0.29) is 45.1 Å². The van der Waals surface area contributed by atoms with Crippen molar-refractivity contribution in [1.82, 2.24) is 28.9 Å². The van der Waals surface area contributed by atoms with E-state index in [0.29, 0.717) is 53.5 Å². The first kappa shape index (κ1) is 40.8. The van der Waals surface area contributed by atoms with Crippen LogP contribution in [0.15, 0.2) is 36.4 Å². The van der Waals surface area contributed by atoms with Crippen molar-refractivity contribution in [2.45, 2.75) is 84.4 Å². The van der Waals surface area contributed by atoms with Gasteiger partial charge in [-0.3, -0.25) is 19.3 Å². The maximum absolute atomic E-state index is 13.8. The molecule has 0 radical (unpaired) electrons. The highest BCUT2D eigenvalue weighted by Crippen LogP contribution is 2.62. The van der Waals surface area contributed by atoms with Crippen LogP contribution in [0.3, 0.4) is 0 Å². The topological polar surface area (TPSA) is 153 Å². The smallest absolute Gasteiger partial charge is 0.410 e. The van der Waals surface area contributed by atoms with Crippen molar-refractivity contribution in [1.29, 1.82) is 0 Å². The van der Waals surface area contributed by atoms with Gasteiger partial charge in [-0.05, 0) is 70.4 Å². The summed E-state index contributed by atoms with van der Waals surface area (Å²) in [6.07, 6.45) is 5.56. The fourth-order valence-electron chi connectivity index (χ4n) is 9.67. The molecule has 2 aromatic heterocycles. The van der Waals surface area contributed by atoms with Gasteiger partial charge in [-0.15, -0.1) is 0 Å². The second kappa shape index (κ2) is 15.3. The lowest BCUT2D eigenvalue weighted by molar-refractivity contribution is -0.152. The van der Waals surface area contributed by atoms with Crippen molar-refractivity contribution in [2.24, 2.45) is 24.9 Å². The van der Waals surface area contributed by atoms with E-state index in [9.17, 15) is 19.2 Å². The number of benzene rings is 2. The predicted octanol–water partition coefficient (Wildman–Crippen LogP) is 7.41. The minimum absolute atomic E-state index is 0.0686. The Labute approximate surface area is 353 Å². The van der Waals surface area contributed by atoms with Crippen molar-refractivity contribution in [3.05, 3.63) is 80.9 Å². The molecule has 2 N–H and O–H groups in total. The number of nitrogens with zero attached hydrogens (tertiary/aromatic N) is 6. The number of ether oxygens (including phenoxy) is 2. The highest BCUT2D eigenvalue weighted by Gasteiger charge is 2.59. The first-order valence-corrected chi connectivity index (χ1v) is 20.8. The predicted molar refractivity (Wildman–Crippen MR) is 224 cm³/mol. The van der Waals surface area contributed by atoms with Gasteiger partial charge >= 0.3 is 12.1 Å². The van der Waals surface area contributed by atoms with Crippen LogP contribution in [0.2, 0.25) is 10.0 Å². The van der Waals surface area contributed by atoms with Crippen molar-refractivity contribution in [2.75, 3.05) is 37.4 Å². The van der Waals surface area contributed by atoms with Gasteiger partial charge < -0.3 is 34.1 Å². The fourth-order valence-corrected chi connectivity index (χ4v) is 10.2. The average Bonchev–Trinajstić information content (AvgIpc) is 3.95. The number of anilines is 2. The van der Waals surface area contributed by atoms with Crippen LogP contribution < -0.4 is 10.6 Å². The van der Waals surface area contributed by atoms with E-state index >= 15 is 0 Å². The Kier molecular flexibility index (Phi) is 10.6. The monoisotopic (exact) mass is 844 g/mol. The van der Waals surface area contributed by atoms with Gasteiger partial charge in [0.1, 0.15) is 5.60 Å². The molecule has 3 amide bonds. The number of hydrogen-bond acceptors (Lipinski definition) is 9. The van der Waals surface area contributed by atoms with Gasteiger partial charge in [0, 0.05) is 75.6 Å². The standard InChI is InChI=1S/C43H50Cl2N8O6/c1-41(2,3)59-40(57)53-20-14-32-30(22-53)47-36(51(32)5)38(55)49-28-12-8-10-26(34(28)45)25-9-7-11-27(33(25)44)48-37(54)35-46-29-21-52(19-13-31(29)50(35)4)24-42-15-17-43(23-42,18-16-42)39(56)58-6/h7-12H,13-24H2,1-6H3,(H,48,54)(H,49,55). The Morgan fingerprint density at radius 3 is 1.83 bits per heavy atom. The van der Waals surface area contributed by atoms with Gasteiger partial charge in [0.2, 0.25) is 0 Å². The maximum Gasteiger partial charge on any atom is 0.410 e. The minimum atomic E-state index is -0.626. The van der Waals surface area contributed by atoms with E-state index in [1.165, 1.54) is 7.11 Å². The molecular weight excluding hydrogens is 795 g/mol. The summed E-state index contributed by atoms with van der Waals surface area (Å²) in [5, 5.41) is 6.41. The summed E-state index contributed by atoms with van der Waals surface area (Å²) in [7, 11) is 5.13. The maximum atomic E-state index is 13.8. The average molecular weight is 846 g/mol. The number of imidazole rings is 2. The second-order valence-electron chi connectivity index (χ2n) is 17.6. The summed E-state index contributed by atoms with van der Waals surface area (Å²) in [5.41, 5.74) is 4.43. The molecule has 8 rings (SSSR count). The molecule has 2 aliphatic heterocycles. The zero-order valence-electron chi connectivity index (χ0n) is 34.3. The third-order valence-corrected chi connectivity index (χ3v) is 13.4. The molecule has 2 fully saturated rings. The van der Waals surface area contributed by atoms with E-state index in [2.05, 4.69) is 20.5 Å². The van der Waals surface area contributed by atoms with Crippen molar-refractivity contribution < 1.29 is 28.7 Å². The highest BCUT2D eigenvalue weighted by atomic mass is 35.5. The molecule has 0 saturated heterocycles. The lowest BCUT2D eigenvalue weighted by atomic mass is 9.81. The summed E-state index contributed by atoms with van der Waals surface area (Å²) in [5.74, 6) is -0.447. The molecule has 0 atom stereocenters. The molecule has 14 nitrogen and oxygen atoms in total. The number of rotatable bonds is 8. The van der Waals surface area contributed by atoms with E-state index in [4.69, 9.17) is 37.7 Å². The number of halogens is 2. The summed E-state index contributed by atoms with van der Waals surface area (Å²) in [4.78, 5) is 66.2. The molecule has 4 aromatic rings. The van der Waals surface area contributed by atoms with Crippen LogP contribution in [0.5, 0.6) is 0 Å². The lowest BCUT2D eigenvalue weighted by Gasteiger charge is -2.35. The first-order chi connectivity index (χ1) is 28.0. The number of nitrogens with one attached hydrogen (secondary N) is 2. The van der Waals surface area contributed by atoms with Crippen molar-refractivity contribution in [3.63, 3.8) is 0 Å². The molecule has 59 heavy (non-hydrogen) atoms.